The number of anilines is 1. The topological polar surface area (TPSA) is 195 Å². The number of benzene rings is 1. The summed E-state index contributed by atoms with van der Waals surface area (Å²) in [6, 6.07) is 6.15. The number of rotatable bonds is 10. The van der Waals surface area contributed by atoms with Crippen molar-refractivity contribution in [2.75, 3.05) is 39.1 Å². The second kappa shape index (κ2) is 12.8. The summed E-state index contributed by atoms with van der Waals surface area (Å²) in [4.78, 5) is 39.0. The Labute approximate surface area is 223 Å². The highest BCUT2D eigenvalue weighted by atomic mass is 16.6. The van der Waals surface area contributed by atoms with E-state index in [2.05, 4.69) is 19.7 Å². The van der Waals surface area contributed by atoms with Crippen molar-refractivity contribution in [2.24, 2.45) is 5.92 Å². The third-order valence-corrected chi connectivity index (χ3v) is 6.59. The zero-order valence-corrected chi connectivity index (χ0v) is 21.5. The minimum absolute atomic E-state index is 0.0689. The molecule has 3 heterocycles. The number of ether oxygens (including phenoxy) is 3. The van der Waals surface area contributed by atoms with Crippen molar-refractivity contribution in [3.05, 3.63) is 42.0 Å². The smallest absolute Gasteiger partial charge is 0.415 e. The largest absolute Gasteiger partial charge is 0.465 e. The van der Waals surface area contributed by atoms with Crippen molar-refractivity contribution in [1.29, 1.82) is 0 Å². The molecule has 0 bridgehead atoms. The Bertz CT molecular complexity index is 1280. The summed E-state index contributed by atoms with van der Waals surface area (Å²) >= 11 is 0. The number of nitrogens with zero attached hydrogens (tertiary/aromatic N) is 5. The average molecular weight is 545 g/mol. The number of hydrogen-bond donors (Lipinski definition) is 4. The minimum Gasteiger partial charge on any atom is -0.465 e. The van der Waals surface area contributed by atoms with Crippen LogP contribution in [0.2, 0.25) is 0 Å². The first-order valence-electron chi connectivity index (χ1n) is 12.5. The van der Waals surface area contributed by atoms with E-state index in [1.807, 2.05) is 0 Å². The Morgan fingerprint density at radius 1 is 1.13 bits per heavy atom. The summed E-state index contributed by atoms with van der Waals surface area (Å²) in [5, 5.41) is 28.2. The maximum Gasteiger partial charge on any atom is 0.415 e. The highest BCUT2D eigenvalue weighted by molar-refractivity contribution is 5.89. The summed E-state index contributed by atoms with van der Waals surface area (Å²) in [6.07, 6.45) is 0.808. The second-order valence-electron chi connectivity index (χ2n) is 9.20. The molecule has 4 rings (SSSR count). The number of methoxy groups -OCH3 is 1. The van der Waals surface area contributed by atoms with Gasteiger partial charge in [0.2, 0.25) is 0 Å². The van der Waals surface area contributed by atoms with Crippen LogP contribution < -0.4 is 10.5 Å². The van der Waals surface area contributed by atoms with E-state index in [1.165, 1.54) is 25.6 Å². The van der Waals surface area contributed by atoms with Crippen molar-refractivity contribution in [2.45, 2.75) is 38.2 Å². The zero-order valence-electron chi connectivity index (χ0n) is 21.5. The third kappa shape index (κ3) is 6.78. The van der Waals surface area contributed by atoms with Gasteiger partial charge < -0.3 is 40.2 Å². The standard InChI is InChI=1S/C25H32N6O8/c1-37-24(35)16-2-4-17(5-3-16)39-25(36)30-8-6-15(7-9-30)10-20-28-22(26)21-23(29-20)31(13-27-21)14-38-19(12-33)18(34)11-32/h2-5,13,15,18-19,32-34H,6-12,14H2,1H3,(H2,26,28,29)/t18?,19-/m1/s1. The molecule has 1 fully saturated rings. The summed E-state index contributed by atoms with van der Waals surface area (Å²) in [6.45, 7) is -0.0763. The Kier molecular flexibility index (Phi) is 9.24. The van der Waals surface area contributed by atoms with E-state index in [0.29, 0.717) is 47.8 Å². The predicted octanol–water partition coefficient (Wildman–Crippen LogP) is 0.337. The lowest BCUT2D eigenvalue weighted by molar-refractivity contribution is -0.0997. The number of aliphatic hydroxyl groups is 3. The number of piperidine rings is 1. The van der Waals surface area contributed by atoms with Crippen molar-refractivity contribution >= 4 is 29.0 Å². The highest BCUT2D eigenvalue weighted by Gasteiger charge is 2.26. The molecule has 2 atom stereocenters. The van der Waals surface area contributed by atoms with Crippen LogP contribution in [0.1, 0.15) is 29.0 Å². The van der Waals surface area contributed by atoms with Crippen molar-refractivity contribution in [1.82, 2.24) is 24.4 Å². The van der Waals surface area contributed by atoms with Gasteiger partial charge in [0.15, 0.2) is 11.5 Å². The first kappa shape index (κ1) is 28.2. The zero-order chi connectivity index (χ0) is 27.9. The van der Waals surface area contributed by atoms with Gasteiger partial charge in [-0.05, 0) is 43.0 Å². The van der Waals surface area contributed by atoms with Crippen molar-refractivity contribution in [3.63, 3.8) is 0 Å². The lowest BCUT2D eigenvalue weighted by Gasteiger charge is -2.31. The molecule has 3 aromatic rings. The van der Waals surface area contributed by atoms with Gasteiger partial charge in [0, 0.05) is 19.5 Å². The molecule has 14 heteroatoms. The monoisotopic (exact) mass is 544 g/mol. The molecule has 5 N–H and O–H groups in total. The SMILES string of the molecule is COC(=O)c1ccc(OC(=O)N2CCC(Cc3nc(N)c4ncn(CO[C@H](CO)C(O)CO)c4n3)CC2)cc1. The molecule has 0 radical (unpaired) electrons. The summed E-state index contributed by atoms with van der Waals surface area (Å²) in [5.41, 5.74) is 7.34. The first-order valence-corrected chi connectivity index (χ1v) is 12.5. The molecule has 0 aliphatic carbocycles. The maximum atomic E-state index is 12.6. The predicted molar refractivity (Wildman–Crippen MR) is 137 cm³/mol. The van der Waals surface area contributed by atoms with Crippen LogP contribution in [0.5, 0.6) is 5.75 Å². The molecule has 1 unspecified atom stereocenters. The second-order valence-corrected chi connectivity index (χ2v) is 9.20. The molecule has 210 valence electrons. The third-order valence-electron chi connectivity index (χ3n) is 6.59. The quantitative estimate of drug-likeness (QED) is 0.256. The van der Waals surface area contributed by atoms with E-state index in [9.17, 15) is 19.8 Å². The molecule has 2 aromatic heterocycles. The number of carbonyl (C=O) groups is 2. The van der Waals surface area contributed by atoms with Crippen LogP contribution in [-0.4, -0.2) is 97.4 Å². The number of imidazole rings is 1. The number of nitrogens with two attached hydrogens (primary N) is 1. The summed E-state index contributed by atoms with van der Waals surface area (Å²) in [7, 11) is 1.30. The van der Waals surface area contributed by atoms with Crippen LogP contribution in [-0.2, 0) is 22.6 Å². The molecule has 1 aromatic carbocycles. The van der Waals surface area contributed by atoms with E-state index in [-0.39, 0.29) is 18.5 Å². The number of fused-ring (bicyclic) bond motifs is 1. The van der Waals surface area contributed by atoms with Gasteiger partial charge in [-0.1, -0.05) is 0 Å². The number of likely N-dealkylation sites (tertiary alicyclic amines) is 1. The van der Waals surface area contributed by atoms with Gasteiger partial charge in [0.05, 0.1) is 32.2 Å². The molecular formula is C25H32N6O8. The number of aromatic nitrogens is 4. The van der Waals surface area contributed by atoms with Gasteiger partial charge in [-0.3, -0.25) is 4.57 Å². The van der Waals surface area contributed by atoms with E-state index in [1.54, 1.807) is 21.6 Å². The van der Waals surface area contributed by atoms with Gasteiger partial charge in [0.1, 0.15) is 36.0 Å². The fourth-order valence-electron chi connectivity index (χ4n) is 4.30. The average Bonchev–Trinajstić information content (AvgIpc) is 3.36. The number of nitrogen functional groups attached to an aromatic ring is 1. The van der Waals surface area contributed by atoms with Gasteiger partial charge in [-0.15, -0.1) is 0 Å². The molecule has 14 nitrogen and oxygen atoms in total. The number of amides is 1. The molecular weight excluding hydrogens is 512 g/mol. The van der Waals surface area contributed by atoms with Crippen LogP contribution in [0.4, 0.5) is 10.6 Å². The van der Waals surface area contributed by atoms with Crippen LogP contribution in [0, 0.1) is 5.92 Å². The molecule has 1 aliphatic heterocycles. The number of hydrogen-bond acceptors (Lipinski definition) is 12. The van der Waals surface area contributed by atoms with Crippen LogP contribution in [0.3, 0.4) is 0 Å². The molecule has 0 spiro atoms. The van der Waals surface area contributed by atoms with E-state index in [0.717, 1.165) is 12.8 Å². The molecule has 0 saturated carbocycles. The van der Waals surface area contributed by atoms with E-state index >= 15 is 0 Å². The summed E-state index contributed by atoms with van der Waals surface area (Å²) in [5.74, 6) is 0.843. The number of esters is 1. The minimum atomic E-state index is -1.23. The first-order chi connectivity index (χ1) is 18.8. The fraction of sp³-hybridized carbons (Fsp3) is 0.480. The Hall–Kier alpha value is -3.85. The van der Waals surface area contributed by atoms with Gasteiger partial charge >= 0.3 is 12.1 Å². The normalized spacial score (nSPS) is 15.7. The highest BCUT2D eigenvalue weighted by Crippen LogP contribution is 2.24. The fourth-order valence-corrected chi connectivity index (χ4v) is 4.30. The lowest BCUT2D eigenvalue weighted by Crippen LogP contribution is -2.40. The van der Waals surface area contributed by atoms with Crippen molar-refractivity contribution < 1.29 is 39.1 Å². The van der Waals surface area contributed by atoms with E-state index < -0.39 is 37.5 Å². The van der Waals surface area contributed by atoms with Crippen LogP contribution in [0.15, 0.2) is 30.6 Å². The van der Waals surface area contributed by atoms with Crippen LogP contribution in [0.25, 0.3) is 11.2 Å². The summed E-state index contributed by atoms with van der Waals surface area (Å²) < 4.78 is 17.2. The molecule has 1 amide bonds. The number of aliphatic hydroxyl groups excluding tert-OH is 3. The maximum absolute atomic E-state index is 12.6. The van der Waals surface area contributed by atoms with Gasteiger partial charge in [-0.2, -0.15) is 0 Å². The Morgan fingerprint density at radius 3 is 2.49 bits per heavy atom. The molecule has 39 heavy (non-hydrogen) atoms. The van der Waals surface area contributed by atoms with Gasteiger partial charge in [-0.25, -0.2) is 24.5 Å². The molecule has 1 saturated heterocycles. The lowest BCUT2D eigenvalue weighted by atomic mass is 9.93. The number of carbonyl (C=O) groups excluding carboxylic acids is 2. The van der Waals surface area contributed by atoms with Crippen LogP contribution >= 0.6 is 0 Å². The van der Waals surface area contributed by atoms with E-state index in [4.69, 9.17) is 20.3 Å². The van der Waals surface area contributed by atoms with Gasteiger partial charge in [0.25, 0.3) is 0 Å². The molecule has 1 aliphatic rings. The Morgan fingerprint density at radius 2 is 1.85 bits per heavy atom. The van der Waals surface area contributed by atoms with Crippen molar-refractivity contribution in [3.8, 4) is 5.75 Å². The Balaban J connectivity index is 1.33.